The molecular formula is C23H20FN3O2. The number of hydrogen-bond donors (Lipinski definition) is 1. The molecule has 0 spiro atoms. The summed E-state index contributed by atoms with van der Waals surface area (Å²) in [6, 6.07) is 20.0. The van der Waals surface area contributed by atoms with Gasteiger partial charge in [-0.3, -0.25) is 4.79 Å². The first-order chi connectivity index (χ1) is 14.2. The Balaban J connectivity index is 1.27. The number of pyridine rings is 1. The van der Waals surface area contributed by atoms with Crippen LogP contribution in [-0.4, -0.2) is 21.8 Å². The smallest absolute Gasteiger partial charge is 0.251 e. The highest BCUT2D eigenvalue weighted by Crippen LogP contribution is 2.14. The van der Waals surface area contributed by atoms with Gasteiger partial charge in [-0.05, 0) is 42.0 Å². The van der Waals surface area contributed by atoms with Crippen molar-refractivity contribution in [2.75, 3.05) is 6.54 Å². The predicted octanol–water partition coefficient (Wildman–Crippen LogP) is 4.02. The number of benzene rings is 2. The number of aromatic nitrogens is 2. The summed E-state index contributed by atoms with van der Waals surface area (Å²) < 4.78 is 20.6. The SMILES string of the molecule is O=C(NCCc1cn2cc(F)ccc2n1)c1ccc(OCc2ccccc2)cc1. The van der Waals surface area contributed by atoms with Gasteiger partial charge in [0.25, 0.3) is 5.91 Å². The van der Waals surface area contributed by atoms with Crippen LogP contribution < -0.4 is 10.1 Å². The quantitative estimate of drug-likeness (QED) is 0.519. The lowest BCUT2D eigenvalue weighted by atomic mass is 10.2. The number of rotatable bonds is 7. The number of fused-ring (bicyclic) bond motifs is 1. The minimum atomic E-state index is -0.314. The second-order valence-electron chi connectivity index (χ2n) is 6.65. The Morgan fingerprint density at radius 2 is 1.79 bits per heavy atom. The lowest BCUT2D eigenvalue weighted by molar-refractivity contribution is 0.0954. The van der Waals surface area contributed by atoms with Crippen molar-refractivity contribution in [2.24, 2.45) is 0 Å². The van der Waals surface area contributed by atoms with Crippen LogP contribution in [0.5, 0.6) is 5.75 Å². The van der Waals surface area contributed by atoms with Gasteiger partial charge >= 0.3 is 0 Å². The fourth-order valence-corrected chi connectivity index (χ4v) is 2.99. The molecule has 6 heteroatoms. The van der Waals surface area contributed by atoms with Crippen LogP contribution in [0.3, 0.4) is 0 Å². The van der Waals surface area contributed by atoms with Crippen LogP contribution in [-0.2, 0) is 13.0 Å². The molecule has 0 atom stereocenters. The maximum Gasteiger partial charge on any atom is 0.251 e. The molecule has 0 saturated heterocycles. The Hall–Kier alpha value is -3.67. The van der Waals surface area contributed by atoms with Crippen LogP contribution in [0.15, 0.2) is 79.1 Å². The molecule has 0 fully saturated rings. The Morgan fingerprint density at radius 3 is 2.59 bits per heavy atom. The first kappa shape index (κ1) is 18.7. The summed E-state index contributed by atoms with van der Waals surface area (Å²) in [6.07, 6.45) is 3.71. The standard InChI is InChI=1S/C23H20FN3O2/c24-19-8-11-22-26-20(15-27(22)14-19)12-13-25-23(28)18-6-9-21(10-7-18)29-16-17-4-2-1-3-5-17/h1-11,14-15H,12-13,16H2,(H,25,28). The van der Waals surface area contributed by atoms with Crippen LogP contribution in [0, 0.1) is 5.82 Å². The summed E-state index contributed by atoms with van der Waals surface area (Å²) in [7, 11) is 0. The van der Waals surface area contributed by atoms with E-state index >= 15 is 0 Å². The molecule has 146 valence electrons. The first-order valence-corrected chi connectivity index (χ1v) is 9.35. The van der Waals surface area contributed by atoms with Gasteiger partial charge in [0.1, 0.15) is 23.8 Å². The van der Waals surface area contributed by atoms with Crippen molar-refractivity contribution in [3.8, 4) is 5.75 Å². The number of nitrogens with zero attached hydrogens (tertiary/aromatic N) is 2. The number of halogens is 1. The molecule has 0 radical (unpaired) electrons. The number of carbonyl (C=O) groups excluding carboxylic acids is 1. The van der Waals surface area contributed by atoms with Crippen LogP contribution in [0.2, 0.25) is 0 Å². The molecule has 0 saturated carbocycles. The minimum absolute atomic E-state index is 0.158. The lowest BCUT2D eigenvalue weighted by Crippen LogP contribution is -2.25. The molecule has 0 aliphatic carbocycles. The molecule has 4 aromatic rings. The lowest BCUT2D eigenvalue weighted by Gasteiger charge is -2.08. The van der Waals surface area contributed by atoms with Gasteiger partial charge in [-0.25, -0.2) is 9.37 Å². The van der Waals surface area contributed by atoms with E-state index in [1.807, 2.05) is 30.3 Å². The first-order valence-electron chi connectivity index (χ1n) is 9.35. The van der Waals surface area contributed by atoms with Crippen LogP contribution >= 0.6 is 0 Å². The zero-order valence-electron chi connectivity index (χ0n) is 15.7. The Labute approximate surface area is 167 Å². The normalized spacial score (nSPS) is 10.8. The van der Waals surface area contributed by atoms with Gasteiger partial charge in [0.15, 0.2) is 0 Å². The number of nitrogens with one attached hydrogen (secondary N) is 1. The second-order valence-corrected chi connectivity index (χ2v) is 6.65. The maximum absolute atomic E-state index is 13.2. The third-order valence-corrected chi connectivity index (χ3v) is 4.50. The molecule has 0 bridgehead atoms. The van der Waals surface area contributed by atoms with Gasteiger partial charge in [0.2, 0.25) is 0 Å². The Kier molecular flexibility index (Phi) is 5.52. The summed E-state index contributed by atoms with van der Waals surface area (Å²) in [4.78, 5) is 16.7. The highest BCUT2D eigenvalue weighted by atomic mass is 19.1. The van der Waals surface area contributed by atoms with E-state index in [0.717, 1.165) is 11.3 Å². The van der Waals surface area contributed by atoms with Gasteiger partial charge < -0.3 is 14.5 Å². The van der Waals surface area contributed by atoms with Crippen molar-refractivity contribution in [1.29, 1.82) is 0 Å². The fourth-order valence-electron chi connectivity index (χ4n) is 2.99. The zero-order chi connectivity index (χ0) is 20.1. The third-order valence-electron chi connectivity index (χ3n) is 4.50. The van der Waals surface area contributed by atoms with E-state index in [1.165, 1.54) is 12.3 Å². The van der Waals surface area contributed by atoms with E-state index in [4.69, 9.17) is 4.74 Å². The molecular weight excluding hydrogens is 369 g/mol. The summed E-state index contributed by atoms with van der Waals surface area (Å²) in [5, 5.41) is 2.88. The van der Waals surface area contributed by atoms with E-state index in [-0.39, 0.29) is 11.7 Å². The van der Waals surface area contributed by atoms with Crippen molar-refractivity contribution in [3.63, 3.8) is 0 Å². The molecule has 5 nitrogen and oxygen atoms in total. The summed E-state index contributed by atoms with van der Waals surface area (Å²) >= 11 is 0. The van der Waals surface area contributed by atoms with Gasteiger partial charge in [0, 0.05) is 30.9 Å². The minimum Gasteiger partial charge on any atom is -0.489 e. The van der Waals surface area contributed by atoms with Crippen LogP contribution in [0.4, 0.5) is 4.39 Å². The number of ether oxygens (including phenoxy) is 1. The van der Waals surface area contributed by atoms with E-state index in [0.29, 0.717) is 36.5 Å². The van der Waals surface area contributed by atoms with E-state index in [9.17, 15) is 9.18 Å². The molecule has 0 aliphatic heterocycles. The van der Waals surface area contributed by atoms with Crippen LogP contribution in [0.1, 0.15) is 21.6 Å². The predicted molar refractivity (Wildman–Crippen MR) is 108 cm³/mol. The largest absolute Gasteiger partial charge is 0.489 e. The Morgan fingerprint density at radius 1 is 1.00 bits per heavy atom. The third kappa shape index (κ3) is 4.79. The monoisotopic (exact) mass is 389 g/mol. The average molecular weight is 389 g/mol. The maximum atomic E-state index is 13.2. The number of hydrogen-bond acceptors (Lipinski definition) is 3. The van der Waals surface area contributed by atoms with Crippen molar-refractivity contribution in [2.45, 2.75) is 13.0 Å². The van der Waals surface area contributed by atoms with Gasteiger partial charge in [-0.15, -0.1) is 0 Å². The van der Waals surface area contributed by atoms with E-state index in [2.05, 4.69) is 10.3 Å². The molecule has 4 rings (SSSR count). The molecule has 2 heterocycles. The second kappa shape index (κ2) is 8.56. The van der Waals surface area contributed by atoms with Crippen LogP contribution in [0.25, 0.3) is 5.65 Å². The van der Waals surface area contributed by atoms with Crippen molar-refractivity contribution >= 4 is 11.6 Å². The number of amides is 1. The summed E-state index contributed by atoms with van der Waals surface area (Å²) in [5.41, 5.74) is 3.12. The molecule has 0 aliphatic rings. The summed E-state index contributed by atoms with van der Waals surface area (Å²) in [5.74, 6) is 0.239. The molecule has 0 unspecified atom stereocenters. The van der Waals surface area contributed by atoms with Gasteiger partial charge in [-0.1, -0.05) is 30.3 Å². The number of carbonyl (C=O) groups is 1. The van der Waals surface area contributed by atoms with Crippen molar-refractivity contribution in [1.82, 2.24) is 14.7 Å². The van der Waals surface area contributed by atoms with Crippen molar-refractivity contribution < 1.29 is 13.9 Å². The molecule has 1 N–H and O–H groups in total. The average Bonchev–Trinajstić information content (AvgIpc) is 3.15. The van der Waals surface area contributed by atoms with E-state index in [1.54, 1.807) is 40.9 Å². The fraction of sp³-hybridized carbons (Fsp3) is 0.130. The summed E-state index contributed by atoms with van der Waals surface area (Å²) in [6.45, 7) is 0.923. The highest BCUT2D eigenvalue weighted by molar-refractivity contribution is 5.94. The van der Waals surface area contributed by atoms with Gasteiger partial charge in [0.05, 0.1) is 5.69 Å². The highest BCUT2D eigenvalue weighted by Gasteiger charge is 2.07. The van der Waals surface area contributed by atoms with Crippen molar-refractivity contribution in [3.05, 3.63) is 102 Å². The molecule has 29 heavy (non-hydrogen) atoms. The molecule has 1 amide bonds. The molecule has 2 aromatic heterocycles. The number of imidazole rings is 1. The topological polar surface area (TPSA) is 55.6 Å². The molecule has 2 aromatic carbocycles. The van der Waals surface area contributed by atoms with Gasteiger partial charge in [-0.2, -0.15) is 0 Å². The Bertz CT molecular complexity index is 1110. The van der Waals surface area contributed by atoms with E-state index < -0.39 is 0 Å². The zero-order valence-corrected chi connectivity index (χ0v) is 15.7.